The second kappa shape index (κ2) is 12.2. The summed E-state index contributed by atoms with van der Waals surface area (Å²) >= 11 is 1.87. The van der Waals surface area contributed by atoms with Gasteiger partial charge in [-0.15, -0.1) is 11.8 Å². The maximum Gasteiger partial charge on any atom is 0.0545 e. The van der Waals surface area contributed by atoms with Gasteiger partial charge in [-0.05, 0) is 85.8 Å². The van der Waals surface area contributed by atoms with Gasteiger partial charge in [-0.1, -0.05) is 81.0 Å². The molecule has 0 radical (unpaired) electrons. The Bertz CT molecular complexity index is 804. The number of allylic oxidation sites excluding steroid dienone is 6. The van der Waals surface area contributed by atoms with Crippen LogP contribution in [0.4, 0.5) is 0 Å². The highest BCUT2D eigenvalue weighted by atomic mass is 32.2. The third-order valence-corrected chi connectivity index (χ3v) is 6.85. The van der Waals surface area contributed by atoms with Crippen LogP contribution in [0.5, 0.6) is 0 Å². The van der Waals surface area contributed by atoms with E-state index < -0.39 is 0 Å². The summed E-state index contributed by atoms with van der Waals surface area (Å²) in [6.07, 6.45) is 16.6. The fraction of sp³-hybridized carbons (Fsp3) is 0.429. The van der Waals surface area contributed by atoms with Crippen molar-refractivity contribution in [1.82, 2.24) is 0 Å². The van der Waals surface area contributed by atoms with E-state index in [0.29, 0.717) is 5.92 Å². The molecule has 0 fully saturated rings. The van der Waals surface area contributed by atoms with Gasteiger partial charge >= 0.3 is 0 Å². The first-order valence-electron chi connectivity index (χ1n) is 11.3. The van der Waals surface area contributed by atoms with E-state index in [-0.39, 0.29) is 4.75 Å². The SMILES string of the molecule is C=C\C=C(Cc1ccc(CC(CCC)CCN)cc1)/C(=C\C)C(/C)=C/C1(C)C=CS1. The van der Waals surface area contributed by atoms with E-state index in [1.54, 1.807) is 0 Å². The maximum absolute atomic E-state index is 5.81. The molecule has 0 spiro atoms. The van der Waals surface area contributed by atoms with E-state index in [2.05, 4.69) is 88.3 Å². The van der Waals surface area contributed by atoms with Crippen molar-refractivity contribution in [3.05, 3.63) is 94.5 Å². The maximum atomic E-state index is 5.81. The molecule has 2 heteroatoms. The third kappa shape index (κ3) is 7.18. The van der Waals surface area contributed by atoms with Crippen LogP contribution >= 0.6 is 11.8 Å². The fourth-order valence-corrected chi connectivity index (χ4v) is 5.07. The minimum absolute atomic E-state index is 0.123. The van der Waals surface area contributed by atoms with E-state index >= 15 is 0 Å². The van der Waals surface area contributed by atoms with Crippen LogP contribution < -0.4 is 5.73 Å². The first kappa shape index (κ1) is 24.5. The summed E-state index contributed by atoms with van der Waals surface area (Å²) in [7, 11) is 0. The lowest BCUT2D eigenvalue weighted by Gasteiger charge is -2.28. The van der Waals surface area contributed by atoms with E-state index in [9.17, 15) is 0 Å². The third-order valence-electron chi connectivity index (χ3n) is 5.82. The minimum atomic E-state index is 0.123. The average Bonchev–Trinajstić information content (AvgIpc) is 2.69. The predicted molar refractivity (Wildman–Crippen MR) is 137 cm³/mol. The second-order valence-electron chi connectivity index (χ2n) is 8.49. The highest BCUT2D eigenvalue weighted by Crippen LogP contribution is 2.40. The number of hydrogen-bond acceptors (Lipinski definition) is 2. The number of rotatable bonds is 12. The molecular formula is C28H39NS. The molecule has 0 saturated carbocycles. The topological polar surface area (TPSA) is 26.0 Å². The Balaban J connectivity index is 2.13. The Kier molecular flexibility index (Phi) is 9.94. The van der Waals surface area contributed by atoms with Gasteiger partial charge in [0.05, 0.1) is 4.75 Å². The van der Waals surface area contributed by atoms with E-state index in [1.807, 2.05) is 17.8 Å². The molecule has 30 heavy (non-hydrogen) atoms. The first-order chi connectivity index (χ1) is 14.4. The quantitative estimate of drug-likeness (QED) is 0.352. The molecule has 0 saturated heterocycles. The highest BCUT2D eigenvalue weighted by molar-refractivity contribution is 8.05. The lowest BCUT2D eigenvalue weighted by atomic mass is 9.89. The molecule has 2 N–H and O–H groups in total. The van der Waals surface area contributed by atoms with Crippen molar-refractivity contribution < 1.29 is 0 Å². The molecule has 0 bridgehead atoms. The summed E-state index contributed by atoms with van der Waals surface area (Å²) in [6.45, 7) is 13.6. The van der Waals surface area contributed by atoms with Crippen LogP contribution in [0.1, 0.15) is 58.1 Å². The molecule has 162 valence electrons. The van der Waals surface area contributed by atoms with Crippen LogP contribution in [-0.2, 0) is 12.8 Å². The summed E-state index contributed by atoms with van der Waals surface area (Å²) in [5, 5.41) is 2.17. The van der Waals surface area contributed by atoms with Gasteiger partial charge < -0.3 is 5.73 Å². The van der Waals surface area contributed by atoms with Crippen LogP contribution in [0, 0.1) is 5.92 Å². The van der Waals surface area contributed by atoms with Crippen molar-refractivity contribution in [2.24, 2.45) is 11.7 Å². The van der Waals surface area contributed by atoms with E-state index in [4.69, 9.17) is 5.73 Å². The first-order valence-corrected chi connectivity index (χ1v) is 12.1. The van der Waals surface area contributed by atoms with Crippen LogP contribution in [0.3, 0.4) is 0 Å². The van der Waals surface area contributed by atoms with Gasteiger partial charge in [0.25, 0.3) is 0 Å². The normalized spacial score (nSPS) is 20.8. The number of thioether (sulfide) groups is 1. The summed E-state index contributed by atoms with van der Waals surface area (Å²) in [6, 6.07) is 9.18. The van der Waals surface area contributed by atoms with Gasteiger partial charge in [-0.25, -0.2) is 0 Å². The largest absolute Gasteiger partial charge is 0.330 e. The Morgan fingerprint density at radius 3 is 2.37 bits per heavy atom. The zero-order valence-electron chi connectivity index (χ0n) is 19.3. The van der Waals surface area contributed by atoms with Crippen molar-refractivity contribution in [2.75, 3.05) is 6.54 Å². The molecule has 1 aromatic carbocycles. The van der Waals surface area contributed by atoms with Crippen molar-refractivity contribution >= 4 is 11.8 Å². The zero-order valence-corrected chi connectivity index (χ0v) is 20.1. The lowest BCUT2D eigenvalue weighted by Crippen LogP contribution is -2.18. The van der Waals surface area contributed by atoms with E-state index in [1.165, 1.54) is 40.7 Å². The molecule has 0 aromatic heterocycles. The zero-order chi connectivity index (χ0) is 22.0. The van der Waals surface area contributed by atoms with Crippen molar-refractivity contribution in [1.29, 1.82) is 0 Å². The molecule has 1 aliphatic rings. The predicted octanol–water partition coefficient (Wildman–Crippen LogP) is 7.56. The summed E-state index contributed by atoms with van der Waals surface area (Å²) in [4.78, 5) is 0. The standard InChI is InChI=1S/C28H39NS/c1-6-9-23(15-17-29)19-24-11-13-25(14-12-24)20-26(10-7-2)27(8-3)22(4)21-28(5)16-18-30-28/h7-8,10-14,16,18,21,23H,2,6,9,15,17,19-20,29H2,1,3-5H3/b22-21+,26-10-,27-8-. The van der Waals surface area contributed by atoms with Gasteiger partial charge in [-0.2, -0.15) is 0 Å². The summed E-state index contributed by atoms with van der Waals surface area (Å²) in [5.74, 6) is 0.698. The minimum Gasteiger partial charge on any atom is -0.330 e. The van der Waals surface area contributed by atoms with Crippen LogP contribution in [0.15, 0.2) is 83.4 Å². The number of nitrogens with two attached hydrogens (primary N) is 1. The lowest BCUT2D eigenvalue weighted by molar-refractivity contribution is 0.449. The van der Waals surface area contributed by atoms with Crippen molar-refractivity contribution in [3.8, 4) is 0 Å². The summed E-state index contributed by atoms with van der Waals surface area (Å²) < 4.78 is 0.123. The molecule has 1 aliphatic heterocycles. The monoisotopic (exact) mass is 421 g/mol. The van der Waals surface area contributed by atoms with Gasteiger partial charge in [0.2, 0.25) is 0 Å². The summed E-state index contributed by atoms with van der Waals surface area (Å²) in [5.41, 5.74) is 12.5. The smallest absolute Gasteiger partial charge is 0.0545 e. The molecular weight excluding hydrogens is 382 g/mol. The molecule has 1 aromatic rings. The van der Waals surface area contributed by atoms with Crippen LogP contribution in [-0.4, -0.2) is 11.3 Å². The van der Waals surface area contributed by atoms with Gasteiger partial charge in [0, 0.05) is 0 Å². The second-order valence-corrected chi connectivity index (χ2v) is 9.88. The van der Waals surface area contributed by atoms with E-state index in [0.717, 1.165) is 25.8 Å². The molecule has 1 nitrogen and oxygen atoms in total. The molecule has 0 amide bonds. The Hall–Kier alpha value is -1.77. The van der Waals surface area contributed by atoms with Crippen molar-refractivity contribution in [3.63, 3.8) is 0 Å². The Morgan fingerprint density at radius 2 is 1.87 bits per heavy atom. The van der Waals surface area contributed by atoms with Crippen molar-refractivity contribution in [2.45, 2.75) is 64.5 Å². The van der Waals surface area contributed by atoms with Gasteiger partial charge in [-0.3, -0.25) is 0 Å². The van der Waals surface area contributed by atoms with Gasteiger partial charge in [0.15, 0.2) is 0 Å². The van der Waals surface area contributed by atoms with Gasteiger partial charge in [0.1, 0.15) is 0 Å². The highest BCUT2D eigenvalue weighted by Gasteiger charge is 2.24. The Labute approximate surface area is 188 Å². The average molecular weight is 422 g/mol. The number of hydrogen-bond donors (Lipinski definition) is 1. The molecule has 2 atom stereocenters. The molecule has 1 heterocycles. The molecule has 2 unspecified atom stereocenters. The number of benzene rings is 1. The fourth-order valence-electron chi connectivity index (χ4n) is 4.26. The Morgan fingerprint density at radius 1 is 1.20 bits per heavy atom. The molecule has 2 rings (SSSR count). The van der Waals surface area contributed by atoms with Crippen LogP contribution in [0.25, 0.3) is 0 Å². The molecule has 0 aliphatic carbocycles. The van der Waals surface area contributed by atoms with Crippen LogP contribution in [0.2, 0.25) is 0 Å².